The van der Waals surface area contributed by atoms with Gasteiger partial charge in [-0.15, -0.1) is 25.0 Å². The molecule has 6 nitrogen and oxygen atoms in total. The maximum absolute atomic E-state index is 5.83. The average molecular weight is 329 g/mol. The van der Waals surface area contributed by atoms with Crippen LogP contribution in [0.25, 0.3) is 0 Å². The summed E-state index contributed by atoms with van der Waals surface area (Å²) >= 11 is 4.36. The van der Waals surface area contributed by atoms with E-state index in [1.54, 1.807) is 20.4 Å². The Hall–Kier alpha value is -1.86. The second kappa shape index (κ2) is 7.24. The van der Waals surface area contributed by atoms with Crippen LogP contribution in [-0.2, 0) is 6.42 Å². The van der Waals surface area contributed by atoms with Crippen LogP contribution in [0.4, 0.5) is 11.8 Å². The van der Waals surface area contributed by atoms with Gasteiger partial charge < -0.3 is 20.9 Å². The van der Waals surface area contributed by atoms with Gasteiger partial charge in [-0.2, -0.15) is 4.98 Å². The fourth-order valence-corrected chi connectivity index (χ4v) is 2.15. The Morgan fingerprint density at radius 2 is 1.71 bits per heavy atom. The van der Waals surface area contributed by atoms with Crippen molar-refractivity contribution in [1.29, 1.82) is 0 Å². The number of methoxy groups -OCH3 is 2. The molecule has 0 bridgehead atoms. The molecule has 0 amide bonds. The number of benzene rings is 1. The molecule has 0 saturated heterocycles. The van der Waals surface area contributed by atoms with Gasteiger partial charge in [0.25, 0.3) is 0 Å². The number of aromatic nitrogens is 2. The summed E-state index contributed by atoms with van der Waals surface area (Å²) < 4.78 is 10.6. The molecular formula is C13H17ClN4O2S. The maximum atomic E-state index is 5.83. The molecule has 8 heteroatoms. The average Bonchev–Trinajstić information content (AvgIpc) is 2.43. The van der Waals surface area contributed by atoms with E-state index in [-0.39, 0.29) is 18.4 Å². The molecule has 0 spiro atoms. The molecule has 2 aromatic rings. The molecule has 0 aliphatic carbocycles. The summed E-state index contributed by atoms with van der Waals surface area (Å²) in [5, 5.41) is 0. The number of rotatable bonds is 4. The predicted molar refractivity (Wildman–Crippen MR) is 87.7 cm³/mol. The number of thiol groups is 1. The highest BCUT2D eigenvalue weighted by Crippen LogP contribution is 2.34. The molecule has 0 unspecified atom stereocenters. The van der Waals surface area contributed by atoms with Crippen molar-refractivity contribution in [3.05, 3.63) is 29.5 Å². The summed E-state index contributed by atoms with van der Waals surface area (Å²) in [5.74, 6) is 1.80. The van der Waals surface area contributed by atoms with E-state index >= 15 is 0 Å². The molecule has 1 aromatic carbocycles. The molecule has 1 aromatic heterocycles. The minimum Gasteiger partial charge on any atom is -0.495 e. The first kappa shape index (κ1) is 17.2. The summed E-state index contributed by atoms with van der Waals surface area (Å²) in [6, 6.07) is 3.75. The molecule has 0 saturated carbocycles. The van der Waals surface area contributed by atoms with Gasteiger partial charge in [0.1, 0.15) is 17.3 Å². The van der Waals surface area contributed by atoms with Crippen molar-refractivity contribution < 1.29 is 9.47 Å². The number of halogens is 1. The normalized spacial score (nSPS) is 9.86. The van der Waals surface area contributed by atoms with Gasteiger partial charge in [-0.25, -0.2) is 4.98 Å². The van der Waals surface area contributed by atoms with Gasteiger partial charge in [0.15, 0.2) is 0 Å². The van der Waals surface area contributed by atoms with Crippen LogP contribution in [0, 0.1) is 0 Å². The molecule has 114 valence electrons. The lowest BCUT2D eigenvalue weighted by Gasteiger charge is -2.12. The summed E-state index contributed by atoms with van der Waals surface area (Å²) in [4.78, 5) is 8.54. The zero-order chi connectivity index (χ0) is 14.7. The SMILES string of the molecule is COc1cc(Cc2cnc(N)nc2N)cc(OC)c1S.Cl. The topological polar surface area (TPSA) is 96.3 Å². The van der Waals surface area contributed by atoms with Crippen molar-refractivity contribution in [2.45, 2.75) is 11.3 Å². The van der Waals surface area contributed by atoms with E-state index in [1.165, 1.54) is 0 Å². The number of nitrogen functional groups attached to an aromatic ring is 2. The number of hydrogen-bond donors (Lipinski definition) is 3. The number of nitrogens with two attached hydrogens (primary N) is 2. The Morgan fingerprint density at radius 1 is 1.14 bits per heavy atom. The van der Waals surface area contributed by atoms with Crippen LogP contribution in [0.3, 0.4) is 0 Å². The predicted octanol–water partition coefficient (Wildman–Crippen LogP) is 1.96. The Morgan fingerprint density at radius 3 is 2.19 bits per heavy atom. The lowest BCUT2D eigenvalue weighted by atomic mass is 10.1. The first-order chi connectivity index (χ1) is 9.55. The molecule has 0 radical (unpaired) electrons. The van der Waals surface area contributed by atoms with Crippen LogP contribution < -0.4 is 20.9 Å². The summed E-state index contributed by atoms with van der Waals surface area (Å²) in [7, 11) is 3.16. The third-order valence-corrected chi connectivity index (χ3v) is 3.29. The van der Waals surface area contributed by atoms with Crippen molar-refractivity contribution >= 4 is 36.8 Å². The number of ether oxygens (including phenoxy) is 2. The van der Waals surface area contributed by atoms with Gasteiger partial charge in [-0.1, -0.05) is 0 Å². The van der Waals surface area contributed by atoms with E-state index in [9.17, 15) is 0 Å². The number of anilines is 2. The second-order valence-electron chi connectivity index (χ2n) is 4.16. The van der Waals surface area contributed by atoms with Crippen molar-refractivity contribution in [1.82, 2.24) is 9.97 Å². The third-order valence-electron chi connectivity index (χ3n) is 2.85. The summed E-state index contributed by atoms with van der Waals surface area (Å²) in [5.41, 5.74) is 13.1. The van der Waals surface area contributed by atoms with Crippen molar-refractivity contribution in [3.8, 4) is 11.5 Å². The minimum atomic E-state index is 0. The van der Waals surface area contributed by atoms with Crippen molar-refractivity contribution in [3.63, 3.8) is 0 Å². The lowest BCUT2D eigenvalue weighted by molar-refractivity contribution is 0.376. The van der Waals surface area contributed by atoms with Gasteiger partial charge >= 0.3 is 0 Å². The van der Waals surface area contributed by atoms with Crippen LogP contribution in [0.2, 0.25) is 0 Å². The zero-order valence-corrected chi connectivity index (χ0v) is 13.4. The quantitative estimate of drug-likeness (QED) is 0.742. The Labute approximate surface area is 134 Å². The first-order valence-corrected chi connectivity index (χ1v) is 6.30. The molecule has 0 aliphatic heterocycles. The molecular weight excluding hydrogens is 312 g/mol. The molecule has 0 fully saturated rings. The first-order valence-electron chi connectivity index (χ1n) is 5.86. The van der Waals surface area contributed by atoms with Crippen molar-refractivity contribution in [2.75, 3.05) is 25.7 Å². The van der Waals surface area contributed by atoms with E-state index in [2.05, 4.69) is 22.6 Å². The van der Waals surface area contributed by atoms with Gasteiger partial charge in [0.05, 0.1) is 19.1 Å². The monoisotopic (exact) mass is 328 g/mol. The molecule has 1 heterocycles. The Balaban J connectivity index is 0.00000220. The van der Waals surface area contributed by atoms with Crippen molar-refractivity contribution in [2.24, 2.45) is 0 Å². The standard InChI is InChI=1S/C13H16N4O2S.ClH/c1-18-9-4-7(5-10(19-2)11(9)20)3-8-6-16-13(15)17-12(8)14;/h4-6,20H,3H2,1-2H3,(H4,14,15,16,17);1H. The van der Waals surface area contributed by atoms with Crippen LogP contribution in [0.15, 0.2) is 23.2 Å². The van der Waals surface area contributed by atoms with Gasteiger partial charge in [0, 0.05) is 18.2 Å². The number of nitrogens with zero attached hydrogens (tertiary/aromatic N) is 2. The van der Waals surface area contributed by atoms with Crippen LogP contribution >= 0.6 is 25.0 Å². The molecule has 21 heavy (non-hydrogen) atoms. The van der Waals surface area contributed by atoms with E-state index in [0.29, 0.717) is 28.6 Å². The van der Waals surface area contributed by atoms with Gasteiger partial charge in [-0.3, -0.25) is 0 Å². The fraction of sp³-hybridized carbons (Fsp3) is 0.231. The fourth-order valence-electron chi connectivity index (χ4n) is 1.84. The molecule has 0 aliphatic rings. The lowest BCUT2D eigenvalue weighted by Crippen LogP contribution is -2.04. The van der Waals surface area contributed by atoms with E-state index in [1.807, 2.05) is 12.1 Å². The van der Waals surface area contributed by atoms with Gasteiger partial charge in [0.2, 0.25) is 5.95 Å². The highest BCUT2D eigenvalue weighted by Gasteiger charge is 2.11. The van der Waals surface area contributed by atoms with E-state index in [4.69, 9.17) is 20.9 Å². The minimum absolute atomic E-state index is 0. The summed E-state index contributed by atoms with van der Waals surface area (Å²) in [6.07, 6.45) is 2.16. The van der Waals surface area contributed by atoms with Crippen LogP contribution in [0.1, 0.15) is 11.1 Å². The Kier molecular flexibility index (Phi) is 5.92. The molecule has 4 N–H and O–H groups in total. The largest absolute Gasteiger partial charge is 0.495 e. The van der Waals surface area contributed by atoms with Crippen LogP contribution in [0.5, 0.6) is 11.5 Å². The third kappa shape index (κ3) is 3.83. The summed E-state index contributed by atoms with van der Waals surface area (Å²) in [6.45, 7) is 0. The van der Waals surface area contributed by atoms with E-state index < -0.39 is 0 Å². The number of hydrogen-bond acceptors (Lipinski definition) is 7. The molecule has 0 atom stereocenters. The second-order valence-corrected chi connectivity index (χ2v) is 4.61. The maximum Gasteiger partial charge on any atom is 0.221 e. The molecule has 2 rings (SSSR count). The smallest absolute Gasteiger partial charge is 0.221 e. The highest BCUT2D eigenvalue weighted by molar-refractivity contribution is 7.80. The Bertz CT molecular complexity index is 615. The highest BCUT2D eigenvalue weighted by atomic mass is 35.5. The van der Waals surface area contributed by atoms with Gasteiger partial charge in [-0.05, 0) is 17.7 Å². The zero-order valence-electron chi connectivity index (χ0n) is 11.7. The van der Waals surface area contributed by atoms with E-state index in [0.717, 1.165) is 11.1 Å². The van der Waals surface area contributed by atoms with Crippen LogP contribution in [-0.4, -0.2) is 24.2 Å².